The fourth-order valence-corrected chi connectivity index (χ4v) is 2.31. The molecule has 86 valence electrons. The van der Waals surface area contributed by atoms with Gasteiger partial charge in [0.15, 0.2) is 11.4 Å². The van der Waals surface area contributed by atoms with Crippen LogP contribution in [-0.2, 0) is 9.53 Å². The highest BCUT2D eigenvalue weighted by Gasteiger charge is 2.42. The lowest BCUT2D eigenvalue weighted by molar-refractivity contribution is -0.133. The maximum atomic E-state index is 12.1. The maximum absolute atomic E-state index is 12.1. The van der Waals surface area contributed by atoms with Gasteiger partial charge in [0, 0.05) is 6.20 Å². The minimum absolute atomic E-state index is 0.0665. The first-order valence-corrected chi connectivity index (χ1v) is 5.68. The molecule has 0 aromatic carbocycles. The predicted molar refractivity (Wildman–Crippen MR) is 62.5 cm³/mol. The Morgan fingerprint density at radius 3 is 2.69 bits per heavy atom. The summed E-state index contributed by atoms with van der Waals surface area (Å²) in [6, 6.07) is 0. The van der Waals surface area contributed by atoms with E-state index in [0.29, 0.717) is 5.76 Å². The first-order valence-electron chi connectivity index (χ1n) is 5.68. The van der Waals surface area contributed by atoms with E-state index in [9.17, 15) is 4.79 Å². The zero-order chi connectivity index (χ0) is 11.6. The van der Waals surface area contributed by atoms with Crippen molar-refractivity contribution in [3.63, 3.8) is 0 Å². The van der Waals surface area contributed by atoms with Crippen LogP contribution in [0.5, 0.6) is 0 Å². The first kappa shape index (κ1) is 11.0. The number of carbonyl (C=O) groups is 1. The molecule has 3 nitrogen and oxygen atoms in total. The van der Waals surface area contributed by atoms with Crippen molar-refractivity contribution in [2.45, 2.75) is 38.2 Å². The van der Waals surface area contributed by atoms with Gasteiger partial charge in [-0.05, 0) is 50.3 Å². The van der Waals surface area contributed by atoms with Gasteiger partial charge in [-0.1, -0.05) is 6.08 Å². The molecule has 1 heterocycles. The third-order valence-corrected chi connectivity index (χ3v) is 3.21. The Balaban J connectivity index is 2.37. The highest BCUT2D eigenvalue weighted by Crippen LogP contribution is 2.37. The molecule has 2 N–H and O–H groups in total. The Hall–Kier alpha value is -1.51. The van der Waals surface area contributed by atoms with Crippen LogP contribution in [0.2, 0.25) is 0 Å². The Morgan fingerprint density at radius 1 is 1.38 bits per heavy atom. The molecule has 0 amide bonds. The largest absolute Gasteiger partial charge is 0.478 e. The third kappa shape index (κ3) is 1.90. The SMILES string of the molecule is CC1=C/C(=C/N)OC2(CCCC2)C(=O)C=C1. The van der Waals surface area contributed by atoms with E-state index in [-0.39, 0.29) is 5.78 Å². The zero-order valence-corrected chi connectivity index (χ0v) is 9.53. The molecular formula is C13H17NO2. The monoisotopic (exact) mass is 219 g/mol. The molecule has 1 saturated carbocycles. The van der Waals surface area contributed by atoms with Crippen LogP contribution >= 0.6 is 0 Å². The number of allylic oxidation sites excluding steroid dienone is 3. The molecule has 0 aromatic heterocycles. The van der Waals surface area contributed by atoms with Crippen molar-refractivity contribution in [3.8, 4) is 0 Å². The van der Waals surface area contributed by atoms with Gasteiger partial charge in [-0.15, -0.1) is 0 Å². The summed E-state index contributed by atoms with van der Waals surface area (Å²) in [6.45, 7) is 1.92. The molecule has 1 fully saturated rings. The summed E-state index contributed by atoms with van der Waals surface area (Å²) in [4.78, 5) is 12.1. The van der Waals surface area contributed by atoms with Crippen LogP contribution in [0.15, 0.2) is 35.8 Å². The topological polar surface area (TPSA) is 52.3 Å². The van der Waals surface area contributed by atoms with Gasteiger partial charge >= 0.3 is 0 Å². The summed E-state index contributed by atoms with van der Waals surface area (Å²) in [5, 5.41) is 0. The molecule has 1 aliphatic carbocycles. The van der Waals surface area contributed by atoms with Crippen LogP contribution in [0.3, 0.4) is 0 Å². The van der Waals surface area contributed by atoms with E-state index in [4.69, 9.17) is 10.5 Å². The Bertz CT molecular complexity index is 385. The average Bonchev–Trinajstić information content (AvgIpc) is 2.73. The summed E-state index contributed by atoms with van der Waals surface area (Å²) < 4.78 is 5.83. The summed E-state index contributed by atoms with van der Waals surface area (Å²) in [5.41, 5.74) is 5.83. The molecule has 0 aromatic rings. The number of carbonyl (C=O) groups excluding carboxylic acids is 1. The van der Waals surface area contributed by atoms with Crippen molar-refractivity contribution in [1.82, 2.24) is 0 Å². The number of rotatable bonds is 0. The smallest absolute Gasteiger partial charge is 0.199 e. The number of ether oxygens (including phenoxy) is 1. The van der Waals surface area contributed by atoms with Crippen LogP contribution in [0.1, 0.15) is 32.6 Å². The number of hydrogen-bond acceptors (Lipinski definition) is 3. The summed E-state index contributed by atoms with van der Waals surface area (Å²) in [7, 11) is 0. The van der Waals surface area contributed by atoms with E-state index >= 15 is 0 Å². The van der Waals surface area contributed by atoms with Crippen LogP contribution in [0, 0.1) is 0 Å². The first-order chi connectivity index (χ1) is 7.66. The van der Waals surface area contributed by atoms with Crippen molar-refractivity contribution >= 4 is 5.78 Å². The van der Waals surface area contributed by atoms with Gasteiger partial charge in [-0.25, -0.2) is 0 Å². The van der Waals surface area contributed by atoms with E-state index in [1.807, 2.05) is 19.1 Å². The van der Waals surface area contributed by atoms with E-state index in [1.54, 1.807) is 6.08 Å². The van der Waals surface area contributed by atoms with Gasteiger partial charge in [0.1, 0.15) is 5.76 Å². The Labute approximate surface area is 95.7 Å². The van der Waals surface area contributed by atoms with Crippen LogP contribution in [0.4, 0.5) is 0 Å². The van der Waals surface area contributed by atoms with Gasteiger partial charge in [0.2, 0.25) is 0 Å². The lowest BCUT2D eigenvalue weighted by Crippen LogP contribution is -2.37. The Morgan fingerprint density at radius 2 is 2.06 bits per heavy atom. The molecule has 0 radical (unpaired) electrons. The van der Waals surface area contributed by atoms with E-state index in [0.717, 1.165) is 31.3 Å². The molecular weight excluding hydrogens is 202 g/mol. The maximum Gasteiger partial charge on any atom is 0.199 e. The minimum Gasteiger partial charge on any atom is -0.478 e. The third-order valence-electron chi connectivity index (χ3n) is 3.21. The minimum atomic E-state index is -0.654. The quantitative estimate of drug-likeness (QED) is 0.679. The molecule has 1 spiro atoms. The standard InChI is InChI=1S/C13H17NO2/c1-10-4-5-12(15)13(6-2-3-7-13)16-11(8-10)9-14/h4-5,8-9H,2-3,6-7,14H2,1H3/b5-4?,10-8?,11-9-. The molecule has 0 unspecified atom stereocenters. The van der Waals surface area contributed by atoms with Gasteiger partial charge in [0.05, 0.1) is 0 Å². The fraction of sp³-hybridized carbons (Fsp3) is 0.462. The molecule has 0 atom stereocenters. The summed E-state index contributed by atoms with van der Waals surface area (Å²) in [6.07, 6.45) is 10.4. The fourth-order valence-electron chi connectivity index (χ4n) is 2.31. The highest BCUT2D eigenvalue weighted by molar-refractivity contribution is 5.98. The van der Waals surface area contributed by atoms with Crippen molar-refractivity contribution in [2.24, 2.45) is 5.73 Å². The molecule has 16 heavy (non-hydrogen) atoms. The molecule has 3 heteroatoms. The lowest BCUT2D eigenvalue weighted by atomic mass is 9.94. The second kappa shape index (κ2) is 4.16. The predicted octanol–water partition coefficient (Wildman–Crippen LogP) is 2.20. The summed E-state index contributed by atoms with van der Waals surface area (Å²) >= 11 is 0. The lowest BCUT2D eigenvalue weighted by Gasteiger charge is -2.29. The van der Waals surface area contributed by atoms with E-state index < -0.39 is 5.60 Å². The van der Waals surface area contributed by atoms with Crippen LogP contribution < -0.4 is 5.73 Å². The Kier molecular flexibility index (Phi) is 2.86. The van der Waals surface area contributed by atoms with E-state index in [1.165, 1.54) is 6.20 Å². The van der Waals surface area contributed by atoms with Gasteiger partial charge in [-0.2, -0.15) is 0 Å². The molecule has 2 rings (SSSR count). The second-order valence-corrected chi connectivity index (χ2v) is 4.46. The number of nitrogens with two attached hydrogens (primary N) is 1. The number of ketones is 1. The normalized spacial score (nSPS) is 26.4. The molecule has 1 aliphatic heterocycles. The van der Waals surface area contributed by atoms with Crippen LogP contribution in [0.25, 0.3) is 0 Å². The molecule has 2 aliphatic rings. The highest BCUT2D eigenvalue weighted by atomic mass is 16.5. The van der Waals surface area contributed by atoms with Crippen LogP contribution in [-0.4, -0.2) is 11.4 Å². The van der Waals surface area contributed by atoms with Gasteiger partial charge < -0.3 is 10.5 Å². The second-order valence-electron chi connectivity index (χ2n) is 4.46. The van der Waals surface area contributed by atoms with Crippen molar-refractivity contribution in [2.75, 3.05) is 0 Å². The summed E-state index contributed by atoms with van der Waals surface area (Å²) in [5.74, 6) is 0.661. The van der Waals surface area contributed by atoms with Crippen molar-refractivity contribution in [3.05, 3.63) is 35.8 Å². The average molecular weight is 219 g/mol. The van der Waals surface area contributed by atoms with E-state index in [2.05, 4.69) is 0 Å². The molecule has 0 saturated heterocycles. The van der Waals surface area contributed by atoms with Crippen molar-refractivity contribution in [1.29, 1.82) is 0 Å². The van der Waals surface area contributed by atoms with Crippen molar-refractivity contribution < 1.29 is 9.53 Å². The van der Waals surface area contributed by atoms with Gasteiger partial charge in [-0.3, -0.25) is 4.79 Å². The molecule has 0 bridgehead atoms. The number of hydrogen-bond donors (Lipinski definition) is 1. The van der Waals surface area contributed by atoms with Gasteiger partial charge in [0.25, 0.3) is 0 Å². The zero-order valence-electron chi connectivity index (χ0n) is 9.53.